The van der Waals surface area contributed by atoms with Crippen LogP contribution in [-0.2, 0) is 14.3 Å². The van der Waals surface area contributed by atoms with Crippen molar-refractivity contribution in [3.05, 3.63) is 33.3 Å². The fraction of sp³-hybridized carbons (Fsp3) is 0.333. The molecule has 0 saturated heterocycles. The van der Waals surface area contributed by atoms with E-state index in [-0.39, 0.29) is 29.5 Å². The molecular formula is C9H11ClN2O5S. The Morgan fingerprint density at radius 3 is 2.72 bits per heavy atom. The lowest BCUT2D eigenvalue weighted by molar-refractivity contribution is -0.383. The van der Waals surface area contributed by atoms with Gasteiger partial charge in [0.05, 0.1) is 17.8 Å². The van der Waals surface area contributed by atoms with Crippen LogP contribution in [0.15, 0.2) is 18.2 Å². The van der Waals surface area contributed by atoms with Crippen LogP contribution in [0.25, 0.3) is 0 Å². The molecule has 0 aliphatic rings. The van der Waals surface area contributed by atoms with E-state index in [0.29, 0.717) is 0 Å². The van der Waals surface area contributed by atoms with Crippen molar-refractivity contribution >= 4 is 33.1 Å². The third-order valence-electron chi connectivity index (χ3n) is 1.87. The maximum absolute atomic E-state index is 10.7. The number of benzene rings is 1. The molecule has 9 heteroatoms. The van der Waals surface area contributed by atoms with Gasteiger partial charge in [0.15, 0.2) is 0 Å². The topological polar surface area (TPSA) is 98.5 Å². The molecule has 0 aliphatic heterocycles. The molecule has 0 aromatic heterocycles. The van der Waals surface area contributed by atoms with Crippen LogP contribution in [0.3, 0.4) is 0 Å². The number of rotatable bonds is 6. The molecule has 1 aromatic carbocycles. The predicted octanol–water partition coefficient (Wildman–Crippen LogP) is 1.64. The van der Waals surface area contributed by atoms with Crippen molar-refractivity contribution in [3.8, 4) is 0 Å². The lowest BCUT2D eigenvalue weighted by Gasteiger charge is -2.07. The van der Waals surface area contributed by atoms with Gasteiger partial charge in [0.25, 0.3) is 15.8 Å². The van der Waals surface area contributed by atoms with Crippen molar-refractivity contribution < 1.29 is 17.5 Å². The first kappa shape index (κ1) is 14.7. The second-order valence-electron chi connectivity index (χ2n) is 3.37. The van der Waals surface area contributed by atoms with E-state index in [0.717, 1.165) is 6.26 Å². The Hall–Kier alpha value is -1.38. The van der Waals surface area contributed by atoms with Gasteiger partial charge in [-0.15, -0.1) is 0 Å². The molecular weight excluding hydrogens is 284 g/mol. The Morgan fingerprint density at radius 1 is 1.50 bits per heavy atom. The van der Waals surface area contributed by atoms with Gasteiger partial charge in [0.1, 0.15) is 5.69 Å². The summed E-state index contributed by atoms with van der Waals surface area (Å²) in [7, 11) is -3.51. The van der Waals surface area contributed by atoms with Gasteiger partial charge >= 0.3 is 0 Å². The fourth-order valence-corrected chi connectivity index (χ4v) is 1.74. The number of hydrogen-bond donors (Lipinski definition) is 1. The minimum Gasteiger partial charge on any atom is -0.377 e. The number of nitrogens with one attached hydrogen (secondary N) is 1. The summed E-state index contributed by atoms with van der Waals surface area (Å²) >= 11 is 5.65. The van der Waals surface area contributed by atoms with E-state index in [1.165, 1.54) is 18.2 Å². The molecule has 0 unspecified atom stereocenters. The minimum absolute atomic E-state index is 0.112. The van der Waals surface area contributed by atoms with E-state index >= 15 is 0 Å². The van der Waals surface area contributed by atoms with E-state index in [9.17, 15) is 18.5 Å². The van der Waals surface area contributed by atoms with Crippen LogP contribution in [0.5, 0.6) is 0 Å². The van der Waals surface area contributed by atoms with Crippen molar-refractivity contribution in [1.29, 1.82) is 0 Å². The Kier molecular flexibility index (Phi) is 4.88. The molecule has 0 heterocycles. The monoisotopic (exact) mass is 294 g/mol. The smallest absolute Gasteiger partial charge is 0.293 e. The zero-order chi connectivity index (χ0) is 13.8. The van der Waals surface area contributed by atoms with E-state index in [1.807, 2.05) is 0 Å². The van der Waals surface area contributed by atoms with Crippen molar-refractivity contribution in [2.24, 2.45) is 0 Å². The van der Waals surface area contributed by atoms with Gasteiger partial charge in [-0.2, -0.15) is 8.42 Å². The average molecular weight is 295 g/mol. The van der Waals surface area contributed by atoms with Gasteiger partial charge in [-0.25, -0.2) is 0 Å². The largest absolute Gasteiger partial charge is 0.377 e. The molecule has 18 heavy (non-hydrogen) atoms. The quantitative estimate of drug-likeness (QED) is 0.370. The Bertz CT molecular complexity index is 546. The van der Waals surface area contributed by atoms with Gasteiger partial charge in [0, 0.05) is 17.6 Å². The molecule has 0 bridgehead atoms. The standard InChI is InChI=1S/C9H11ClN2O5S/c1-18(15,16)17-5-4-11-8-3-2-7(10)6-9(8)12(13)14/h2-3,6,11H,4-5H2,1H3. The zero-order valence-electron chi connectivity index (χ0n) is 9.42. The second kappa shape index (κ2) is 5.98. The van der Waals surface area contributed by atoms with Crippen LogP contribution in [0.1, 0.15) is 0 Å². The summed E-state index contributed by atoms with van der Waals surface area (Å²) < 4.78 is 25.9. The maximum Gasteiger partial charge on any atom is 0.293 e. The Labute approximate surface area is 109 Å². The van der Waals surface area contributed by atoms with Gasteiger partial charge in [-0.3, -0.25) is 14.3 Å². The summed E-state index contributed by atoms with van der Waals surface area (Å²) in [6, 6.07) is 4.15. The lowest BCUT2D eigenvalue weighted by Crippen LogP contribution is -2.13. The minimum atomic E-state index is -3.51. The highest BCUT2D eigenvalue weighted by molar-refractivity contribution is 7.85. The molecule has 0 amide bonds. The van der Waals surface area contributed by atoms with E-state index < -0.39 is 15.0 Å². The molecule has 0 fully saturated rings. The highest BCUT2D eigenvalue weighted by Crippen LogP contribution is 2.27. The molecule has 0 saturated carbocycles. The summed E-state index contributed by atoms with van der Waals surface area (Å²) in [5, 5.41) is 13.7. The van der Waals surface area contributed by atoms with Crippen LogP contribution in [-0.4, -0.2) is 32.7 Å². The Balaban J connectivity index is 2.65. The van der Waals surface area contributed by atoms with Crippen molar-refractivity contribution in [1.82, 2.24) is 0 Å². The molecule has 1 aromatic rings. The second-order valence-corrected chi connectivity index (χ2v) is 5.45. The number of anilines is 1. The lowest BCUT2D eigenvalue weighted by atomic mass is 10.2. The molecule has 0 atom stereocenters. The highest BCUT2D eigenvalue weighted by atomic mass is 35.5. The fourth-order valence-electron chi connectivity index (χ4n) is 1.18. The normalized spacial score (nSPS) is 11.2. The number of nitrogens with zero attached hydrogens (tertiary/aromatic N) is 1. The zero-order valence-corrected chi connectivity index (χ0v) is 11.0. The molecule has 1 N–H and O–H groups in total. The summed E-state index contributed by atoms with van der Waals surface area (Å²) in [6.07, 6.45) is 0.928. The number of halogens is 1. The summed E-state index contributed by atoms with van der Waals surface area (Å²) in [4.78, 5) is 10.2. The molecule has 100 valence electrons. The van der Waals surface area contributed by atoms with Gasteiger partial charge in [-0.1, -0.05) is 11.6 Å². The van der Waals surface area contributed by atoms with E-state index in [1.54, 1.807) is 0 Å². The SMILES string of the molecule is CS(=O)(=O)OCCNc1ccc(Cl)cc1[N+](=O)[O-]. The molecule has 1 rings (SSSR count). The van der Waals surface area contributed by atoms with Crippen LogP contribution in [0.4, 0.5) is 11.4 Å². The van der Waals surface area contributed by atoms with Crippen molar-refractivity contribution in [2.45, 2.75) is 0 Å². The van der Waals surface area contributed by atoms with Gasteiger partial charge in [-0.05, 0) is 12.1 Å². The van der Waals surface area contributed by atoms with Crippen molar-refractivity contribution in [3.63, 3.8) is 0 Å². The van der Waals surface area contributed by atoms with E-state index in [2.05, 4.69) is 9.50 Å². The third kappa shape index (κ3) is 4.86. The van der Waals surface area contributed by atoms with Crippen LogP contribution in [0, 0.1) is 10.1 Å². The number of hydrogen-bond acceptors (Lipinski definition) is 6. The molecule has 0 spiro atoms. The van der Waals surface area contributed by atoms with Crippen molar-refractivity contribution in [2.75, 3.05) is 24.7 Å². The first-order chi connectivity index (χ1) is 8.29. The van der Waals surface area contributed by atoms with Gasteiger partial charge in [0.2, 0.25) is 0 Å². The van der Waals surface area contributed by atoms with Gasteiger partial charge < -0.3 is 5.32 Å². The van der Waals surface area contributed by atoms with Crippen LogP contribution < -0.4 is 5.32 Å². The molecule has 0 aliphatic carbocycles. The van der Waals surface area contributed by atoms with Crippen LogP contribution >= 0.6 is 11.6 Å². The Morgan fingerprint density at radius 2 is 2.17 bits per heavy atom. The number of nitro benzene ring substituents is 1. The predicted molar refractivity (Wildman–Crippen MR) is 67.4 cm³/mol. The molecule has 0 radical (unpaired) electrons. The van der Waals surface area contributed by atoms with Crippen LogP contribution in [0.2, 0.25) is 5.02 Å². The van der Waals surface area contributed by atoms with E-state index in [4.69, 9.17) is 11.6 Å². The summed E-state index contributed by atoms with van der Waals surface area (Å²) in [5.74, 6) is 0. The average Bonchev–Trinajstić information content (AvgIpc) is 2.24. The summed E-state index contributed by atoms with van der Waals surface area (Å²) in [6.45, 7) is 0.00809. The first-order valence-corrected chi connectivity index (χ1v) is 7.01. The first-order valence-electron chi connectivity index (χ1n) is 4.82. The maximum atomic E-state index is 10.7. The number of nitro groups is 1. The third-order valence-corrected chi connectivity index (χ3v) is 2.70. The molecule has 7 nitrogen and oxygen atoms in total. The summed E-state index contributed by atoms with van der Waals surface area (Å²) in [5.41, 5.74) is 0.0726. The highest BCUT2D eigenvalue weighted by Gasteiger charge is 2.13.